The SMILES string of the molecule is CCCCCCCCCC(=O)OCc1ccc(Cl)cc1. The summed E-state index contributed by atoms with van der Waals surface area (Å²) in [4.78, 5) is 11.6. The van der Waals surface area contributed by atoms with Crippen molar-refractivity contribution in [1.82, 2.24) is 0 Å². The molecule has 0 aliphatic carbocycles. The molecule has 2 nitrogen and oxygen atoms in total. The van der Waals surface area contributed by atoms with Gasteiger partial charge in [0.25, 0.3) is 0 Å². The number of halogens is 1. The predicted molar refractivity (Wildman–Crippen MR) is 83.9 cm³/mol. The van der Waals surface area contributed by atoms with Gasteiger partial charge in [-0.05, 0) is 24.1 Å². The maximum absolute atomic E-state index is 11.6. The molecule has 3 heteroatoms. The lowest BCUT2D eigenvalue weighted by Crippen LogP contribution is -2.04. The Bertz CT molecular complexity index is 373. The maximum Gasteiger partial charge on any atom is 0.306 e. The van der Waals surface area contributed by atoms with Crippen LogP contribution >= 0.6 is 11.6 Å². The van der Waals surface area contributed by atoms with E-state index in [1.54, 1.807) is 12.1 Å². The van der Waals surface area contributed by atoms with E-state index in [4.69, 9.17) is 16.3 Å². The Morgan fingerprint density at radius 3 is 2.25 bits per heavy atom. The molecule has 112 valence electrons. The number of esters is 1. The molecule has 0 fully saturated rings. The molecule has 0 aliphatic heterocycles. The fraction of sp³-hybridized carbons (Fsp3) is 0.588. The van der Waals surface area contributed by atoms with Crippen molar-refractivity contribution >= 4 is 17.6 Å². The van der Waals surface area contributed by atoms with E-state index in [0.717, 1.165) is 18.4 Å². The van der Waals surface area contributed by atoms with Gasteiger partial charge in [0.15, 0.2) is 0 Å². The first-order chi connectivity index (χ1) is 9.72. The van der Waals surface area contributed by atoms with Crippen molar-refractivity contribution in [3.05, 3.63) is 34.9 Å². The van der Waals surface area contributed by atoms with Crippen molar-refractivity contribution < 1.29 is 9.53 Å². The molecule has 0 heterocycles. The summed E-state index contributed by atoms with van der Waals surface area (Å²) in [7, 11) is 0. The average Bonchev–Trinajstić information content (AvgIpc) is 2.46. The summed E-state index contributed by atoms with van der Waals surface area (Å²) in [5.74, 6) is -0.103. The Balaban J connectivity index is 2.01. The zero-order valence-electron chi connectivity index (χ0n) is 12.4. The fourth-order valence-electron chi connectivity index (χ4n) is 2.04. The number of ether oxygens (including phenoxy) is 1. The first-order valence-electron chi connectivity index (χ1n) is 7.62. The molecule has 0 saturated heterocycles. The molecular weight excluding hydrogens is 272 g/mol. The monoisotopic (exact) mass is 296 g/mol. The Kier molecular flexibility index (Phi) is 9.14. The van der Waals surface area contributed by atoms with Crippen LogP contribution in [0.5, 0.6) is 0 Å². The van der Waals surface area contributed by atoms with Gasteiger partial charge in [0.2, 0.25) is 0 Å². The van der Waals surface area contributed by atoms with Gasteiger partial charge in [0, 0.05) is 11.4 Å². The minimum atomic E-state index is -0.103. The van der Waals surface area contributed by atoms with E-state index < -0.39 is 0 Å². The molecule has 1 aromatic rings. The summed E-state index contributed by atoms with van der Waals surface area (Å²) < 4.78 is 5.23. The smallest absolute Gasteiger partial charge is 0.306 e. The third-order valence-corrected chi connectivity index (χ3v) is 3.55. The van der Waals surface area contributed by atoms with Gasteiger partial charge in [-0.3, -0.25) is 4.79 Å². The van der Waals surface area contributed by atoms with Gasteiger partial charge < -0.3 is 4.74 Å². The minimum absolute atomic E-state index is 0.103. The number of hydrogen-bond acceptors (Lipinski definition) is 2. The maximum atomic E-state index is 11.6. The Hall–Kier alpha value is -1.02. The number of benzene rings is 1. The van der Waals surface area contributed by atoms with Crippen LogP contribution in [0.4, 0.5) is 0 Å². The molecule has 1 rings (SSSR count). The van der Waals surface area contributed by atoms with Crippen LogP contribution in [0, 0.1) is 0 Å². The van der Waals surface area contributed by atoms with Crippen molar-refractivity contribution in [1.29, 1.82) is 0 Å². The van der Waals surface area contributed by atoms with Crippen molar-refractivity contribution in [2.75, 3.05) is 0 Å². The number of hydrogen-bond donors (Lipinski definition) is 0. The predicted octanol–water partition coefficient (Wildman–Crippen LogP) is 5.52. The lowest BCUT2D eigenvalue weighted by atomic mass is 10.1. The van der Waals surface area contributed by atoms with E-state index in [9.17, 15) is 4.79 Å². The summed E-state index contributed by atoms with van der Waals surface area (Å²) in [6.07, 6.45) is 9.02. The van der Waals surface area contributed by atoms with E-state index in [1.165, 1.54) is 32.1 Å². The summed E-state index contributed by atoms with van der Waals surface area (Å²) in [6.45, 7) is 2.56. The van der Waals surface area contributed by atoms with Crippen molar-refractivity contribution in [2.45, 2.75) is 64.9 Å². The van der Waals surface area contributed by atoms with Crippen LogP contribution in [0.15, 0.2) is 24.3 Å². The molecule has 1 aromatic carbocycles. The van der Waals surface area contributed by atoms with Gasteiger partial charge in [-0.1, -0.05) is 69.2 Å². The van der Waals surface area contributed by atoms with E-state index >= 15 is 0 Å². The van der Waals surface area contributed by atoms with E-state index in [0.29, 0.717) is 18.1 Å². The number of rotatable bonds is 10. The third-order valence-electron chi connectivity index (χ3n) is 3.30. The normalized spacial score (nSPS) is 10.5. The van der Waals surface area contributed by atoms with Gasteiger partial charge in [0.05, 0.1) is 0 Å². The number of carbonyl (C=O) groups is 1. The Labute approximate surface area is 127 Å². The second-order valence-corrected chi connectivity index (χ2v) is 5.59. The highest BCUT2D eigenvalue weighted by atomic mass is 35.5. The molecular formula is C17H25ClO2. The molecule has 0 aliphatic rings. The lowest BCUT2D eigenvalue weighted by Gasteiger charge is -2.05. The average molecular weight is 297 g/mol. The van der Waals surface area contributed by atoms with Crippen LogP contribution in [-0.4, -0.2) is 5.97 Å². The summed E-state index contributed by atoms with van der Waals surface area (Å²) in [5, 5.41) is 0.697. The Morgan fingerprint density at radius 1 is 1.00 bits per heavy atom. The molecule has 0 amide bonds. The quantitative estimate of drug-likeness (QED) is 0.419. The molecule has 0 saturated carbocycles. The molecule has 0 radical (unpaired) electrons. The zero-order chi connectivity index (χ0) is 14.6. The second kappa shape index (κ2) is 10.7. The molecule has 0 spiro atoms. The van der Waals surface area contributed by atoms with E-state index in [2.05, 4.69) is 6.92 Å². The molecule has 0 unspecified atom stereocenters. The van der Waals surface area contributed by atoms with Crippen LogP contribution < -0.4 is 0 Å². The minimum Gasteiger partial charge on any atom is -0.461 e. The summed E-state index contributed by atoms with van der Waals surface area (Å²) >= 11 is 5.80. The third kappa shape index (κ3) is 8.21. The largest absolute Gasteiger partial charge is 0.461 e. The van der Waals surface area contributed by atoms with Crippen molar-refractivity contribution in [3.63, 3.8) is 0 Å². The zero-order valence-corrected chi connectivity index (χ0v) is 13.1. The Morgan fingerprint density at radius 2 is 1.60 bits per heavy atom. The van der Waals surface area contributed by atoms with Crippen LogP contribution in [0.1, 0.15) is 63.9 Å². The van der Waals surface area contributed by atoms with Gasteiger partial charge >= 0.3 is 5.97 Å². The molecule has 0 atom stereocenters. The number of carbonyl (C=O) groups excluding carboxylic acids is 1. The van der Waals surface area contributed by atoms with Crippen LogP contribution in [0.3, 0.4) is 0 Å². The standard InChI is InChI=1S/C17H25ClO2/c1-2-3-4-5-6-7-8-9-17(19)20-14-15-10-12-16(18)13-11-15/h10-13H,2-9,14H2,1H3. The van der Waals surface area contributed by atoms with Gasteiger partial charge in [0.1, 0.15) is 6.61 Å². The first kappa shape index (κ1) is 17.0. The molecule has 0 aromatic heterocycles. The highest BCUT2D eigenvalue weighted by Crippen LogP contribution is 2.12. The molecule has 0 N–H and O–H groups in total. The van der Waals surface area contributed by atoms with Crippen LogP contribution in [-0.2, 0) is 16.1 Å². The topological polar surface area (TPSA) is 26.3 Å². The second-order valence-electron chi connectivity index (χ2n) is 5.16. The summed E-state index contributed by atoms with van der Waals surface area (Å²) in [6, 6.07) is 7.37. The highest BCUT2D eigenvalue weighted by molar-refractivity contribution is 6.30. The van der Waals surface area contributed by atoms with Crippen LogP contribution in [0.25, 0.3) is 0 Å². The van der Waals surface area contributed by atoms with Gasteiger partial charge in [-0.15, -0.1) is 0 Å². The first-order valence-corrected chi connectivity index (χ1v) is 8.00. The van der Waals surface area contributed by atoms with E-state index in [-0.39, 0.29) is 5.97 Å². The summed E-state index contributed by atoms with van der Waals surface area (Å²) in [5.41, 5.74) is 0.974. The van der Waals surface area contributed by atoms with Crippen molar-refractivity contribution in [3.8, 4) is 0 Å². The highest BCUT2D eigenvalue weighted by Gasteiger charge is 2.03. The lowest BCUT2D eigenvalue weighted by molar-refractivity contribution is -0.145. The molecule has 0 bridgehead atoms. The van der Waals surface area contributed by atoms with Gasteiger partial charge in [-0.2, -0.15) is 0 Å². The number of unbranched alkanes of at least 4 members (excludes halogenated alkanes) is 6. The van der Waals surface area contributed by atoms with Gasteiger partial charge in [-0.25, -0.2) is 0 Å². The fourth-order valence-corrected chi connectivity index (χ4v) is 2.17. The van der Waals surface area contributed by atoms with E-state index in [1.807, 2.05) is 12.1 Å². The van der Waals surface area contributed by atoms with Crippen molar-refractivity contribution in [2.24, 2.45) is 0 Å². The van der Waals surface area contributed by atoms with Crippen LogP contribution in [0.2, 0.25) is 5.02 Å². The molecule has 20 heavy (non-hydrogen) atoms.